The molecule has 0 radical (unpaired) electrons. The number of carbonyl (C=O) groups is 2. The molecule has 0 spiro atoms. The highest BCUT2D eigenvalue weighted by Gasteiger charge is 2.38. The van der Waals surface area contributed by atoms with Gasteiger partial charge in [-0.1, -0.05) is 35.1 Å². The molecule has 1 saturated heterocycles. The van der Waals surface area contributed by atoms with Crippen LogP contribution in [0.4, 0.5) is 15.2 Å². The van der Waals surface area contributed by atoms with Crippen LogP contribution in [0.25, 0.3) is 10.2 Å². The van der Waals surface area contributed by atoms with E-state index in [9.17, 15) is 14.0 Å². The third kappa shape index (κ3) is 4.26. The van der Waals surface area contributed by atoms with Crippen molar-refractivity contribution in [3.05, 3.63) is 82.9 Å². The Bertz CT molecular complexity index is 1340. The molecule has 1 fully saturated rings. The van der Waals surface area contributed by atoms with Crippen molar-refractivity contribution >= 4 is 55.8 Å². The number of amides is 2. The van der Waals surface area contributed by atoms with Crippen LogP contribution in [0.2, 0.25) is 5.02 Å². The molecule has 5 rings (SSSR count). The minimum absolute atomic E-state index is 0.0691. The van der Waals surface area contributed by atoms with Gasteiger partial charge >= 0.3 is 0 Å². The lowest BCUT2D eigenvalue weighted by Gasteiger charge is -2.23. The van der Waals surface area contributed by atoms with Crippen molar-refractivity contribution in [2.24, 2.45) is 5.92 Å². The number of nitrogens with zero attached hydrogens (tertiary/aromatic N) is 4. The summed E-state index contributed by atoms with van der Waals surface area (Å²) in [7, 11) is 0. The predicted molar refractivity (Wildman–Crippen MR) is 132 cm³/mol. The number of rotatable bonds is 5. The molecule has 1 aliphatic rings. The zero-order valence-corrected chi connectivity index (χ0v) is 19.8. The van der Waals surface area contributed by atoms with Crippen LogP contribution in [0.5, 0.6) is 0 Å². The minimum Gasteiger partial charge on any atom is -0.312 e. The first-order valence-corrected chi connectivity index (χ1v) is 11.9. The lowest BCUT2D eigenvalue weighted by molar-refractivity contribution is -0.124. The summed E-state index contributed by atoms with van der Waals surface area (Å²) >= 11 is 7.75. The predicted octanol–water partition coefficient (Wildman–Crippen LogP) is 5.38. The van der Waals surface area contributed by atoms with Gasteiger partial charge in [0.25, 0.3) is 0 Å². The van der Waals surface area contributed by atoms with Gasteiger partial charge in [0, 0.05) is 24.8 Å². The largest absolute Gasteiger partial charge is 0.312 e. The Balaban J connectivity index is 1.49. The number of anilines is 2. The summed E-state index contributed by atoms with van der Waals surface area (Å²) in [6, 6.07) is 14.9. The topological polar surface area (TPSA) is 66.4 Å². The molecular weight excluding hydrogens is 475 g/mol. The van der Waals surface area contributed by atoms with Crippen molar-refractivity contribution in [2.75, 3.05) is 16.3 Å². The number of aromatic nitrogens is 2. The number of hydrogen-bond acceptors (Lipinski definition) is 5. The fourth-order valence-electron chi connectivity index (χ4n) is 4.06. The molecule has 1 unspecified atom stereocenters. The van der Waals surface area contributed by atoms with Gasteiger partial charge in [0.2, 0.25) is 11.8 Å². The van der Waals surface area contributed by atoms with Crippen LogP contribution < -0.4 is 9.80 Å². The molecule has 0 saturated carbocycles. The van der Waals surface area contributed by atoms with E-state index in [1.54, 1.807) is 23.2 Å². The number of aryl methyl sites for hydroxylation is 1. The third-order valence-corrected chi connectivity index (χ3v) is 7.38. The van der Waals surface area contributed by atoms with E-state index in [4.69, 9.17) is 16.6 Å². The lowest BCUT2D eigenvalue weighted by atomic mass is 10.1. The van der Waals surface area contributed by atoms with Crippen molar-refractivity contribution in [3.8, 4) is 0 Å². The van der Waals surface area contributed by atoms with Gasteiger partial charge in [0.1, 0.15) is 5.82 Å². The highest BCUT2D eigenvalue weighted by molar-refractivity contribution is 7.23. The summed E-state index contributed by atoms with van der Waals surface area (Å²) in [5.41, 5.74) is 2.99. The Morgan fingerprint density at radius 1 is 1.21 bits per heavy atom. The van der Waals surface area contributed by atoms with Crippen LogP contribution in [0.3, 0.4) is 0 Å². The van der Waals surface area contributed by atoms with Crippen molar-refractivity contribution in [1.29, 1.82) is 0 Å². The van der Waals surface area contributed by atoms with E-state index >= 15 is 0 Å². The number of thiazole rings is 1. The summed E-state index contributed by atoms with van der Waals surface area (Å²) < 4.78 is 14.1. The van der Waals surface area contributed by atoms with Crippen LogP contribution in [-0.4, -0.2) is 28.3 Å². The second kappa shape index (κ2) is 9.12. The van der Waals surface area contributed by atoms with Crippen LogP contribution in [0, 0.1) is 18.7 Å². The first kappa shape index (κ1) is 22.4. The molecular formula is C25H20ClFN4O2S. The summed E-state index contributed by atoms with van der Waals surface area (Å²) in [4.78, 5) is 38.7. The molecule has 172 valence electrons. The highest BCUT2D eigenvalue weighted by atomic mass is 35.5. The number of fused-ring (bicyclic) bond motifs is 1. The maximum absolute atomic E-state index is 13.8. The van der Waals surface area contributed by atoms with Crippen LogP contribution >= 0.6 is 22.9 Å². The number of halogens is 2. The van der Waals surface area contributed by atoms with Crippen molar-refractivity contribution < 1.29 is 14.0 Å². The summed E-state index contributed by atoms with van der Waals surface area (Å²) in [6.45, 7) is 2.38. The van der Waals surface area contributed by atoms with E-state index in [1.807, 2.05) is 37.3 Å². The van der Waals surface area contributed by atoms with E-state index in [0.29, 0.717) is 21.5 Å². The van der Waals surface area contributed by atoms with Crippen molar-refractivity contribution in [2.45, 2.75) is 19.9 Å². The maximum Gasteiger partial charge on any atom is 0.234 e. The van der Waals surface area contributed by atoms with E-state index in [1.165, 1.54) is 28.4 Å². The van der Waals surface area contributed by atoms with E-state index in [2.05, 4.69) is 4.98 Å². The molecule has 1 aliphatic heterocycles. The Hall–Kier alpha value is -3.36. The van der Waals surface area contributed by atoms with Gasteiger partial charge in [-0.3, -0.25) is 19.5 Å². The SMILES string of the molecule is Cc1ccc(Cl)c2sc(N(Cc3ccccn3)C(=O)C3CC(=O)N(c4ccc(F)cc4)C3)nc12. The molecule has 2 aromatic carbocycles. The van der Waals surface area contributed by atoms with Crippen LogP contribution in [0.15, 0.2) is 60.8 Å². The maximum atomic E-state index is 13.8. The van der Waals surface area contributed by atoms with Gasteiger partial charge in [-0.2, -0.15) is 0 Å². The molecule has 34 heavy (non-hydrogen) atoms. The van der Waals surface area contributed by atoms with Gasteiger partial charge < -0.3 is 4.90 Å². The lowest BCUT2D eigenvalue weighted by Crippen LogP contribution is -2.37. The molecule has 4 aromatic rings. The molecule has 2 amide bonds. The van der Waals surface area contributed by atoms with E-state index < -0.39 is 5.92 Å². The molecule has 3 heterocycles. The second-order valence-electron chi connectivity index (χ2n) is 8.17. The van der Waals surface area contributed by atoms with Gasteiger partial charge in [-0.15, -0.1) is 0 Å². The van der Waals surface area contributed by atoms with Crippen LogP contribution in [-0.2, 0) is 16.1 Å². The van der Waals surface area contributed by atoms with Gasteiger partial charge in [0.15, 0.2) is 5.13 Å². The van der Waals surface area contributed by atoms with Gasteiger partial charge in [0.05, 0.1) is 33.4 Å². The Kier molecular flexibility index (Phi) is 6.02. The zero-order valence-electron chi connectivity index (χ0n) is 18.2. The smallest absolute Gasteiger partial charge is 0.234 e. The number of pyridine rings is 1. The Labute approximate surface area is 204 Å². The quantitative estimate of drug-likeness (QED) is 0.373. The molecule has 0 aliphatic carbocycles. The van der Waals surface area contributed by atoms with Crippen molar-refractivity contribution in [1.82, 2.24) is 9.97 Å². The van der Waals surface area contributed by atoms with Gasteiger partial charge in [-0.05, 0) is 55.0 Å². The molecule has 6 nitrogen and oxygen atoms in total. The molecule has 0 bridgehead atoms. The fraction of sp³-hybridized carbons (Fsp3) is 0.200. The second-order valence-corrected chi connectivity index (χ2v) is 9.55. The molecule has 0 N–H and O–H groups in total. The summed E-state index contributed by atoms with van der Waals surface area (Å²) in [5.74, 6) is -1.33. The number of carbonyl (C=O) groups excluding carboxylic acids is 2. The standard InChI is InChI=1S/C25H20ClFN4O2S/c1-15-5-10-20(26)23-22(15)29-25(34-23)31(14-18-4-2-3-11-28-18)24(33)16-12-21(32)30(13-16)19-8-6-17(27)7-9-19/h2-11,16H,12-14H2,1H3. The minimum atomic E-state index is -0.565. The van der Waals surface area contributed by atoms with Crippen molar-refractivity contribution in [3.63, 3.8) is 0 Å². The Morgan fingerprint density at radius 3 is 2.71 bits per heavy atom. The molecule has 9 heteroatoms. The summed E-state index contributed by atoms with van der Waals surface area (Å²) in [6.07, 6.45) is 1.74. The highest BCUT2D eigenvalue weighted by Crippen LogP contribution is 2.37. The Morgan fingerprint density at radius 2 is 2.00 bits per heavy atom. The molecule has 2 aromatic heterocycles. The third-order valence-electron chi connectivity index (χ3n) is 5.84. The summed E-state index contributed by atoms with van der Waals surface area (Å²) in [5, 5.41) is 1.09. The first-order chi connectivity index (χ1) is 16.4. The van der Waals surface area contributed by atoms with Gasteiger partial charge in [-0.25, -0.2) is 9.37 Å². The number of benzene rings is 2. The average Bonchev–Trinajstić information content (AvgIpc) is 3.46. The molecule has 1 atom stereocenters. The van der Waals surface area contributed by atoms with Crippen LogP contribution in [0.1, 0.15) is 17.7 Å². The monoisotopic (exact) mass is 494 g/mol. The van der Waals surface area contributed by atoms with E-state index in [0.717, 1.165) is 15.8 Å². The van der Waals surface area contributed by atoms with E-state index in [-0.39, 0.29) is 37.1 Å². The normalized spacial score (nSPS) is 15.8. The zero-order chi connectivity index (χ0) is 23.8. The first-order valence-electron chi connectivity index (χ1n) is 10.7. The average molecular weight is 495 g/mol. The number of hydrogen-bond donors (Lipinski definition) is 0. The fourth-order valence-corrected chi connectivity index (χ4v) is 5.38.